The third-order valence-electron chi connectivity index (χ3n) is 3.86. The van der Waals surface area contributed by atoms with Crippen molar-refractivity contribution < 1.29 is 33.7 Å². The van der Waals surface area contributed by atoms with Gasteiger partial charge in [-0.2, -0.15) is 0 Å². The number of hydrogen-bond acceptors (Lipinski definition) is 6. The van der Waals surface area contributed by atoms with Crippen LogP contribution in [0.15, 0.2) is 53.0 Å². The number of carbonyl (C=O) groups excluding carboxylic acids is 2. The van der Waals surface area contributed by atoms with Gasteiger partial charge >= 0.3 is 18.2 Å². The zero-order valence-corrected chi connectivity index (χ0v) is 19.0. The first-order chi connectivity index (χ1) is 14.5. The Kier molecular flexibility index (Phi) is 8.44. The van der Waals surface area contributed by atoms with Crippen LogP contribution < -0.4 is 10.1 Å². The van der Waals surface area contributed by atoms with Gasteiger partial charge in [-0.25, -0.2) is 14.4 Å². The molecule has 1 amide bonds. The fraction of sp³-hybridized carbons (Fsp3) is 0.318. The molecule has 2 rings (SSSR count). The highest BCUT2D eigenvalue weighted by atomic mass is 79.9. The van der Waals surface area contributed by atoms with E-state index in [1.165, 1.54) is 12.1 Å². The summed E-state index contributed by atoms with van der Waals surface area (Å²) in [5.41, 5.74) is 0.682. The van der Waals surface area contributed by atoms with Gasteiger partial charge in [0.05, 0.1) is 0 Å². The Morgan fingerprint density at radius 2 is 1.71 bits per heavy atom. The molecule has 0 bridgehead atoms. The smallest absolute Gasteiger partial charge is 0.480 e. The molecule has 2 N–H and O–H groups in total. The van der Waals surface area contributed by atoms with E-state index in [0.29, 0.717) is 5.56 Å². The third kappa shape index (κ3) is 8.67. The van der Waals surface area contributed by atoms with Gasteiger partial charge < -0.3 is 24.6 Å². The Morgan fingerprint density at radius 1 is 1.06 bits per heavy atom. The molecule has 0 aliphatic rings. The van der Waals surface area contributed by atoms with Crippen LogP contribution in [0.1, 0.15) is 31.9 Å². The number of aliphatic carboxylic acids is 1. The molecule has 0 spiro atoms. The molecular weight excluding hydrogens is 470 g/mol. The zero-order valence-electron chi connectivity index (χ0n) is 17.4. The van der Waals surface area contributed by atoms with Gasteiger partial charge in [0.2, 0.25) is 0 Å². The van der Waals surface area contributed by atoms with Crippen LogP contribution in [0.3, 0.4) is 0 Å². The second-order valence-electron chi connectivity index (χ2n) is 7.62. The molecule has 0 aromatic heterocycles. The van der Waals surface area contributed by atoms with E-state index in [-0.39, 0.29) is 18.8 Å². The zero-order chi connectivity index (χ0) is 23.0. The standard InChI is InChI=1S/C22H24BrNO7/c1-22(2,3)31-20(27)24-18(19(25)26)12-14-8-10-16(11-9-14)30-21(28)29-13-15-6-4-5-7-17(15)23/h4-11,18H,12-13H2,1-3H3,(H,24,27)(H,25,26)/t18-/m1/s1. The fourth-order valence-electron chi connectivity index (χ4n) is 2.46. The predicted molar refractivity (Wildman–Crippen MR) is 116 cm³/mol. The molecule has 2 aromatic rings. The van der Waals surface area contributed by atoms with Crippen LogP contribution >= 0.6 is 15.9 Å². The summed E-state index contributed by atoms with van der Waals surface area (Å²) < 4.78 is 16.1. The van der Waals surface area contributed by atoms with Crippen molar-refractivity contribution in [2.45, 2.75) is 45.4 Å². The molecular formula is C22H24BrNO7. The first-order valence-corrected chi connectivity index (χ1v) is 10.2. The minimum atomic E-state index is -1.19. The lowest BCUT2D eigenvalue weighted by molar-refractivity contribution is -0.139. The van der Waals surface area contributed by atoms with Crippen molar-refractivity contribution in [3.05, 3.63) is 64.1 Å². The molecule has 0 aliphatic carbocycles. The molecule has 0 radical (unpaired) electrons. The largest absolute Gasteiger partial charge is 0.514 e. The van der Waals surface area contributed by atoms with Crippen LogP contribution in [-0.4, -0.2) is 35.0 Å². The average Bonchev–Trinajstić information content (AvgIpc) is 2.67. The first kappa shape index (κ1) is 24.2. The number of nitrogens with one attached hydrogen (secondary N) is 1. The third-order valence-corrected chi connectivity index (χ3v) is 4.63. The summed E-state index contributed by atoms with van der Waals surface area (Å²) in [6.07, 6.45) is -1.65. The lowest BCUT2D eigenvalue weighted by atomic mass is 10.1. The number of hydrogen-bond donors (Lipinski definition) is 2. The van der Waals surface area contributed by atoms with Crippen LogP contribution in [0.2, 0.25) is 0 Å². The monoisotopic (exact) mass is 493 g/mol. The van der Waals surface area contributed by atoms with E-state index in [0.717, 1.165) is 10.0 Å². The minimum Gasteiger partial charge on any atom is -0.480 e. The molecule has 0 unspecified atom stereocenters. The molecule has 1 atom stereocenters. The van der Waals surface area contributed by atoms with Gasteiger partial charge in [-0.1, -0.05) is 46.3 Å². The molecule has 31 heavy (non-hydrogen) atoms. The quantitative estimate of drug-likeness (QED) is 0.425. The van der Waals surface area contributed by atoms with E-state index < -0.39 is 29.9 Å². The molecule has 0 fully saturated rings. The molecule has 166 valence electrons. The highest BCUT2D eigenvalue weighted by molar-refractivity contribution is 9.10. The number of carbonyl (C=O) groups is 3. The van der Waals surface area contributed by atoms with E-state index in [1.54, 1.807) is 32.9 Å². The molecule has 0 saturated heterocycles. The van der Waals surface area contributed by atoms with Gasteiger partial charge in [-0.3, -0.25) is 0 Å². The maximum atomic E-state index is 11.9. The van der Waals surface area contributed by atoms with Crippen molar-refractivity contribution in [3.63, 3.8) is 0 Å². The lowest BCUT2D eigenvalue weighted by Gasteiger charge is -2.22. The molecule has 8 nitrogen and oxygen atoms in total. The van der Waals surface area contributed by atoms with Crippen LogP contribution in [0, 0.1) is 0 Å². The van der Waals surface area contributed by atoms with Crippen LogP contribution in [0.25, 0.3) is 0 Å². The van der Waals surface area contributed by atoms with E-state index in [9.17, 15) is 19.5 Å². The molecule has 0 heterocycles. The van der Waals surface area contributed by atoms with Gasteiger partial charge in [0.25, 0.3) is 0 Å². The summed E-state index contributed by atoms with van der Waals surface area (Å²) in [6.45, 7) is 5.11. The van der Waals surface area contributed by atoms with Crippen molar-refractivity contribution in [2.75, 3.05) is 0 Å². The minimum absolute atomic E-state index is 0.0291. The first-order valence-electron chi connectivity index (χ1n) is 9.43. The number of benzene rings is 2. The topological polar surface area (TPSA) is 111 Å². The Balaban J connectivity index is 1.89. The number of amides is 1. The van der Waals surface area contributed by atoms with Crippen molar-refractivity contribution in [3.8, 4) is 5.75 Å². The van der Waals surface area contributed by atoms with Gasteiger partial charge in [-0.15, -0.1) is 0 Å². The van der Waals surface area contributed by atoms with Crippen molar-refractivity contribution in [1.29, 1.82) is 0 Å². The summed E-state index contributed by atoms with van der Waals surface area (Å²) in [5, 5.41) is 11.7. The summed E-state index contributed by atoms with van der Waals surface area (Å²) in [4.78, 5) is 35.2. The number of halogens is 1. The predicted octanol–water partition coefficient (Wildman–Crippen LogP) is 4.69. The van der Waals surface area contributed by atoms with E-state index >= 15 is 0 Å². The molecule has 9 heteroatoms. The van der Waals surface area contributed by atoms with E-state index in [4.69, 9.17) is 14.2 Å². The summed E-state index contributed by atoms with van der Waals surface area (Å²) >= 11 is 3.37. The Bertz CT molecular complexity index is 922. The normalized spacial score (nSPS) is 11.9. The fourth-order valence-corrected chi connectivity index (χ4v) is 2.86. The molecule has 0 aliphatic heterocycles. The number of carboxylic acids is 1. The van der Waals surface area contributed by atoms with Gasteiger partial charge in [0.1, 0.15) is 24.0 Å². The average molecular weight is 494 g/mol. The Morgan fingerprint density at radius 3 is 2.29 bits per heavy atom. The molecule has 2 aromatic carbocycles. The lowest BCUT2D eigenvalue weighted by Crippen LogP contribution is -2.44. The van der Waals surface area contributed by atoms with Crippen LogP contribution in [0.5, 0.6) is 5.75 Å². The second kappa shape index (κ2) is 10.8. The number of rotatable bonds is 7. The highest BCUT2D eigenvalue weighted by Gasteiger charge is 2.24. The Hall–Kier alpha value is -3.07. The highest BCUT2D eigenvalue weighted by Crippen LogP contribution is 2.18. The Labute approximate surface area is 188 Å². The van der Waals surface area contributed by atoms with Gasteiger partial charge in [0, 0.05) is 16.5 Å². The number of ether oxygens (including phenoxy) is 3. The van der Waals surface area contributed by atoms with Crippen LogP contribution in [0.4, 0.5) is 9.59 Å². The maximum Gasteiger partial charge on any atom is 0.514 e. The van der Waals surface area contributed by atoms with Gasteiger partial charge in [0.15, 0.2) is 0 Å². The van der Waals surface area contributed by atoms with E-state index in [1.807, 2.05) is 24.3 Å². The SMILES string of the molecule is CC(C)(C)OC(=O)N[C@H](Cc1ccc(OC(=O)OCc2ccccc2Br)cc1)C(=O)O. The van der Waals surface area contributed by atoms with Crippen LogP contribution in [-0.2, 0) is 27.3 Å². The van der Waals surface area contributed by atoms with Crippen molar-refractivity contribution in [1.82, 2.24) is 5.32 Å². The number of carboxylic acid groups (broad SMARTS) is 1. The van der Waals surface area contributed by atoms with Gasteiger partial charge in [-0.05, 0) is 44.5 Å². The summed E-state index contributed by atoms with van der Waals surface area (Å²) in [7, 11) is 0. The van der Waals surface area contributed by atoms with Crippen molar-refractivity contribution >= 4 is 34.1 Å². The summed E-state index contributed by atoms with van der Waals surface area (Å²) in [6, 6.07) is 12.4. The molecule has 0 saturated carbocycles. The van der Waals surface area contributed by atoms with Crippen molar-refractivity contribution in [2.24, 2.45) is 0 Å². The summed E-state index contributed by atoms with van der Waals surface area (Å²) in [5.74, 6) is -0.949. The van der Waals surface area contributed by atoms with E-state index in [2.05, 4.69) is 21.2 Å². The second-order valence-corrected chi connectivity index (χ2v) is 8.47. The number of alkyl carbamates (subject to hydrolysis) is 1. The maximum absolute atomic E-state index is 11.9.